The van der Waals surface area contributed by atoms with Crippen molar-refractivity contribution in [2.24, 2.45) is 16.5 Å². The number of anilines is 1. The molecule has 17 heavy (non-hydrogen) atoms. The zero-order chi connectivity index (χ0) is 12.7. The maximum atomic E-state index is 12.3. The van der Waals surface area contributed by atoms with E-state index in [1.807, 2.05) is 0 Å². The van der Waals surface area contributed by atoms with Gasteiger partial charge in [-0.15, -0.1) is 0 Å². The van der Waals surface area contributed by atoms with Crippen LogP contribution in [0.4, 0.5) is 15.3 Å². The van der Waals surface area contributed by atoms with Gasteiger partial charge >= 0.3 is 0 Å². The van der Waals surface area contributed by atoms with Crippen LogP contribution in [-0.2, 0) is 0 Å². The van der Waals surface area contributed by atoms with Crippen LogP contribution in [0.2, 0.25) is 0 Å². The molecule has 0 atom stereocenters. The molecule has 0 spiro atoms. The Morgan fingerprint density at radius 2 is 2.24 bits per heavy atom. The maximum Gasteiger partial charge on any atom is 0.0855 e. The van der Waals surface area contributed by atoms with Crippen LogP contribution in [0.5, 0.6) is 0 Å². The van der Waals surface area contributed by atoms with Crippen molar-refractivity contribution in [1.29, 1.82) is 0 Å². The van der Waals surface area contributed by atoms with Gasteiger partial charge < -0.3 is 17.2 Å². The van der Waals surface area contributed by atoms with Crippen molar-refractivity contribution in [2.75, 3.05) is 12.3 Å². The number of nitrogens with zero attached hydrogens (tertiary/aromatic N) is 1. The van der Waals surface area contributed by atoms with Gasteiger partial charge in [0.1, 0.15) is 0 Å². The Kier molecular flexibility index (Phi) is 5.51. The van der Waals surface area contributed by atoms with E-state index in [4.69, 9.17) is 17.2 Å². The first-order chi connectivity index (χ1) is 8.21. The first-order valence-corrected chi connectivity index (χ1v) is 5.73. The van der Waals surface area contributed by atoms with Crippen LogP contribution in [-0.4, -0.2) is 12.8 Å². The van der Waals surface area contributed by atoms with Gasteiger partial charge in [-0.05, 0) is 30.0 Å². The molecular weight excluding hydrogens is 239 g/mol. The molecule has 1 aromatic rings. The lowest BCUT2D eigenvalue weighted by molar-refractivity contribution is 0.934. The molecule has 0 bridgehead atoms. The van der Waals surface area contributed by atoms with E-state index >= 15 is 0 Å². The zero-order valence-electron chi connectivity index (χ0n) is 9.27. The Balaban J connectivity index is 2.72. The highest BCUT2D eigenvalue weighted by Gasteiger charge is 1.99. The molecule has 0 aliphatic heterocycles. The smallest absolute Gasteiger partial charge is 0.0855 e. The molecule has 0 amide bonds. The third kappa shape index (κ3) is 4.08. The van der Waals surface area contributed by atoms with Gasteiger partial charge in [0, 0.05) is 24.1 Å². The average Bonchev–Trinajstić information content (AvgIpc) is 2.36. The van der Waals surface area contributed by atoms with Crippen LogP contribution < -0.4 is 17.2 Å². The fraction of sp³-hybridized carbons (Fsp3) is 0.182. The van der Waals surface area contributed by atoms with E-state index in [9.17, 15) is 3.89 Å². The first kappa shape index (κ1) is 13.5. The van der Waals surface area contributed by atoms with Crippen LogP contribution in [0.25, 0.3) is 0 Å². The summed E-state index contributed by atoms with van der Waals surface area (Å²) in [6.07, 6.45) is 3.73. The quantitative estimate of drug-likeness (QED) is 0.554. The Morgan fingerprint density at radius 3 is 2.76 bits per heavy atom. The average molecular weight is 254 g/mol. The van der Waals surface area contributed by atoms with Crippen molar-refractivity contribution in [3.05, 3.63) is 30.0 Å². The van der Waals surface area contributed by atoms with E-state index < -0.39 is 0 Å². The monoisotopic (exact) mass is 254 g/mol. The minimum Gasteiger partial charge on any atom is -0.405 e. The number of hydrogen-bond acceptors (Lipinski definition) is 5. The third-order valence-electron chi connectivity index (χ3n) is 2.17. The largest absolute Gasteiger partial charge is 0.405 e. The fourth-order valence-corrected chi connectivity index (χ4v) is 1.47. The lowest BCUT2D eigenvalue weighted by Gasteiger charge is -2.01. The number of aliphatic imine (C=N–C) groups is 1. The van der Waals surface area contributed by atoms with Gasteiger partial charge in [-0.2, -0.15) is 3.89 Å². The van der Waals surface area contributed by atoms with E-state index in [2.05, 4.69) is 4.99 Å². The highest BCUT2D eigenvalue weighted by molar-refractivity contribution is 7.94. The summed E-state index contributed by atoms with van der Waals surface area (Å²) in [6.45, 7) is 0.398. The highest BCUT2D eigenvalue weighted by atomic mass is 32.2. The summed E-state index contributed by atoms with van der Waals surface area (Å²) in [5.41, 5.74) is 18.5. The van der Waals surface area contributed by atoms with E-state index in [1.54, 1.807) is 24.4 Å². The van der Waals surface area contributed by atoms with Crippen molar-refractivity contribution in [3.63, 3.8) is 0 Å². The van der Waals surface area contributed by atoms with Crippen LogP contribution in [0.3, 0.4) is 0 Å². The van der Waals surface area contributed by atoms with Crippen molar-refractivity contribution >= 4 is 29.7 Å². The number of benzene rings is 1. The molecule has 0 aliphatic carbocycles. The van der Waals surface area contributed by atoms with Crippen molar-refractivity contribution in [1.82, 2.24) is 0 Å². The van der Waals surface area contributed by atoms with Crippen molar-refractivity contribution < 1.29 is 3.89 Å². The summed E-state index contributed by atoms with van der Waals surface area (Å²) < 4.78 is 12.3. The first-order valence-electron chi connectivity index (χ1n) is 5.01. The van der Waals surface area contributed by atoms with Crippen LogP contribution in [0, 0.1) is 0 Å². The van der Waals surface area contributed by atoms with Gasteiger partial charge in [0.05, 0.1) is 23.5 Å². The second-order valence-corrected chi connectivity index (χ2v) is 3.97. The number of nitrogen functional groups attached to an aromatic ring is 1. The minimum atomic E-state index is 0.154. The molecule has 6 N–H and O–H groups in total. The summed E-state index contributed by atoms with van der Waals surface area (Å²) in [4.78, 5) is 4.65. The van der Waals surface area contributed by atoms with Crippen LogP contribution in [0.1, 0.15) is 6.42 Å². The van der Waals surface area contributed by atoms with Crippen molar-refractivity contribution in [2.45, 2.75) is 11.3 Å². The van der Waals surface area contributed by atoms with E-state index in [1.165, 1.54) is 6.20 Å². The standard InChI is InChI=1S/C11H15FN4S/c12-17-9-1-2-11(10(15)5-9)16-4-3-8(6-13)7-14/h1-2,4-6H,3,7,13-15H2/b8-6-,16-4-. The van der Waals surface area contributed by atoms with Gasteiger partial charge in [-0.1, -0.05) is 0 Å². The molecule has 0 unspecified atom stereocenters. The lowest BCUT2D eigenvalue weighted by Crippen LogP contribution is -2.05. The molecule has 0 saturated carbocycles. The number of rotatable bonds is 5. The zero-order valence-corrected chi connectivity index (χ0v) is 10.1. The molecular formula is C11H15FN4S. The molecule has 1 aromatic carbocycles. The molecule has 0 fully saturated rings. The van der Waals surface area contributed by atoms with Gasteiger partial charge in [0.2, 0.25) is 0 Å². The van der Waals surface area contributed by atoms with Gasteiger partial charge in [0.25, 0.3) is 0 Å². The molecule has 0 aromatic heterocycles. The van der Waals surface area contributed by atoms with Crippen LogP contribution >= 0.6 is 12.1 Å². The fourth-order valence-electron chi connectivity index (χ4n) is 1.18. The molecule has 0 heterocycles. The summed E-state index contributed by atoms with van der Waals surface area (Å²) in [5.74, 6) is 0. The van der Waals surface area contributed by atoms with Crippen LogP contribution in [0.15, 0.2) is 39.9 Å². The van der Waals surface area contributed by atoms with E-state index in [0.29, 0.717) is 29.2 Å². The number of halogens is 1. The second-order valence-electron chi connectivity index (χ2n) is 3.34. The predicted octanol–water partition coefficient (Wildman–Crippen LogP) is 2.14. The van der Waals surface area contributed by atoms with E-state index in [0.717, 1.165) is 5.57 Å². The van der Waals surface area contributed by atoms with Gasteiger partial charge in [0.15, 0.2) is 0 Å². The molecule has 0 saturated heterocycles. The maximum absolute atomic E-state index is 12.3. The third-order valence-corrected chi connectivity index (χ3v) is 2.60. The summed E-state index contributed by atoms with van der Waals surface area (Å²) in [5, 5.41) is 0. The molecule has 4 nitrogen and oxygen atoms in total. The van der Waals surface area contributed by atoms with E-state index in [-0.39, 0.29) is 12.1 Å². The molecule has 0 aliphatic rings. The van der Waals surface area contributed by atoms with Gasteiger partial charge in [-0.3, -0.25) is 4.99 Å². The second kappa shape index (κ2) is 6.93. The Hall–Kier alpha value is -1.53. The number of hydrogen-bond donors (Lipinski definition) is 3. The summed E-state index contributed by atoms with van der Waals surface area (Å²) in [7, 11) is 0. The Labute approximate surface area is 104 Å². The molecule has 0 radical (unpaired) electrons. The number of nitrogens with two attached hydrogens (primary N) is 3. The van der Waals surface area contributed by atoms with Gasteiger partial charge in [-0.25, -0.2) is 0 Å². The molecule has 1 rings (SSSR count). The Bertz CT molecular complexity index is 431. The van der Waals surface area contributed by atoms with Crippen molar-refractivity contribution in [3.8, 4) is 0 Å². The normalized spacial score (nSPS) is 12.2. The topological polar surface area (TPSA) is 90.4 Å². The minimum absolute atomic E-state index is 0.154. The SMILES string of the molecule is N/C=C(\CN)C/C=N\c1ccc(SF)cc1N. The summed E-state index contributed by atoms with van der Waals surface area (Å²) >= 11 is 0.154. The highest BCUT2D eigenvalue weighted by Crippen LogP contribution is 2.28. The Morgan fingerprint density at radius 1 is 1.47 bits per heavy atom. The predicted molar refractivity (Wildman–Crippen MR) is 71.9 cm³/mol. The lowest BCUT2D eigenvalue weighted by atomic mass is 10.2. The molecule has 6 heteroatoms. The summed E-state index contributed by atoms with van der Waals surface area (Å²) in [6, 6.07) is 4.83. The molecule has 92 valence electrons.